The lowest BCUT2D eigenvalue weighted by atomic mass is 10.0. The third-order valence-corrected chi connectivity index (χ3v) is 6.66. The van der Waals surface area contributed by atoms with E-state index in [0.29, 0.717) is 0 Å². The Bertz CT molecular complexity index is 871. The largest absolute Gasteiger partial charge is 0.497 e. The predicted octanol–water partition coefficient (Wildman–Crippen LogP) is 6.13. The fraction of sp³-hybridized carbons (Fsp3) is 0.562. The number of aliphatic hydroxyl groups is 2. The molecule has 0 spiro atoms. The monoisotopic (exact) mass is 526 g/mol. The van der Waals surface area contributed by atoms with Crippen molar-refractivity contribution in [2.45, 2.75) is 89.3 Å². The van der Waals surface area contributed by atoms with Gasteiger partial charge in [-0.05, 0) is 99.6 Å². The van der Waals surface area contributed by atoms with Crippen LogP contribution in [0.3, 0.4) is 0 Å². The molecule has 2 aromatic rings. The minimum Gasteiger partial charge on any atom is -0.497 e. The molecule has 0 aromatic heterocycles. The van der Waals surface area contributed by atoms with E-state index in [0.717, 1.165) is 111 Å². The molecule has 2 unspecified atom stereocenters. The van der Waals surface area contributed by atoms with Crippen LogP contribution < -0.4 is 18.9 Å². The maximum atomic E-state index is 10.3. The van der Waals surface area contributed by atoms with Crippen LogP contribution in [0.25, 0.3) is 0 Å². The number of hydrogen-bond donors (Lipinski definition) is 2. The molecule has 2 atom stereocenters. The highest BCUT2D eigenvalue weighted by atomic mass is 16.5. The molecule has 38 heavy (non-hydrogen) atoms. The van der Waals surface area contributed by atoms with Crippen LogP contribution in [0.4, 0.5) is 0 Å². The molecule has 2 rings (SSSR count). The molecule has 2 N–H and O–H groups in total. The quantitative estimate of drug-likeness (QED) is 0.180. The molecular formula is C32H46O6. The van der Waals surface area contributed by atoms with E-state index in [4.69, 9.17) is 18.9 Å². The second kappa shape index (κ2) is 18.4. The maximum Gasteiger partial charge on any atom is 0.122 e. The maximum absolute atomic E-state index is 10.3. The van der Waals surface area contributed by atoms with Gasteiger partial charge >= 0.3 is 0 Å². The van der Waals surface area contributed by atoms with Crippen LogP contribution in [0.1, 0.15) is 75.3 Å². The van der Waals surface area contributed by atoms with Gasteiger partial charge in [0.25, 0.3) is 0 Å². The van der Waals surface area contributed by atoms with Crippen molar-refractivity contribution in [3.05, 3.63) is 47.5 Å². The van der Waals surface area contributed by atoms with E-state index in [-0.39, 0.29) is 12.2 Å². The summed E-state index contributed by atoms with van der Waals surface area (Å²) in [4.78, 5) is 0. The van der Waals surface area contributed by atoms with Gasteiger partial charge in [0.1, 0.15) is 23.0 Å². The molecule has 0 radical (unpaired) electrons. The average Bonchev–Trinajstić information content (AvgIpc) is 2.95. The Morgan fingerprint density at radius 3 is 1.18 bits per heavy atom. The first-order valence-corrected chi connectivity index (χ1v) is 13.7. The van der Waals surface area contributed by atoms with E-state index >= 15 is 0 Å². The zero-order valence-corrected chi connectivity index (χ0v) is 23.6. The Morgan fingerprint density at radius 2 is 0.868 bits per heavy atom. The summed E-state index contributed by atoms with van der Waals surface area (Å²) in [5.74, 6) is 9.60. The van der Waals surface area contributed by atoms with Crippen molar-refractivity contribution in [2.24, 2.45) is 0 Å². The van der Waals surface area contributed by atoms with Crippen LogP contribution in [-0.2, 0) is 12.8 Å². The Morgan fingerprint density at radius 1 is 0.526 bits per heavy atom. The normalized spacial score (nSPS) is 12.3. The number of hydrogen-bond acceptors (Lipinski definition) is 6. The smallest absolute Gasteiger partial charge is 0.122 e. The first-order chi connectivity index (χ1) is 18.5. The number of rotatable bonds is 18. The van der Waals surface area contributed by atoms with Gasteiger partial charge in [-0.2, -0.15) is 0 Å². The standard InChI is InChI=1S/C32H46O6/c1-35-29-19-25(20-30(23-29)36-2)15-17-27(33)13-11-9-7-5-6-8-10-12-14-28(34)18-16-26-21-31(37-3)24-32(22-26)38-4/h19-24,27-28,33-34H,7-18H2,1-4H3. The molecule has 0 aliphatic carbocycles. The predicted molar refractivity (Wildman–Crippen MR) is 152 cm³/mol. The van der Waals surface area contributed by atoms with Crippen molar-refractivity contribution in [2.75, 3.05) is 28.4 Å². The van der Waals surface area contributed by atoms with Gasteiger partial charge in [-0.1, -0.05) is 0 Å². The van der Waals surface area contributed by atoms with Gasteiger partial charge in [0.2, 0.25) is 0 Å². The zero-order chi connectivity index (χ0) is 27.6. The van der Waals surface area contributed by atoms with E-state index in [1.807, 2.05) is 36.4 Å². The minimum atomic E-state index is -0.308. The molecule has 210 valence electrons. The Kier molecular flexibility index (Phi) is 15.2. The summed E-state index contributed by atoms with van der Waals surface area (Å²) in [5.41, 5.74) is 2.22. The van der Waals surface area contributed by atoms with Crippen LogP contribution in [0.2, 0.25) is 0 Å². The van der Waals surface area contributed by atoms with E-state index in [2.05, 4.69) is 11.8 Å². The van der Waals surface area contributed by atoms with Crippen molar-refractivity contribution in [1.82, 2.24) is 0 Å². The van der Waals surface area contributed by atoms with Gasteiger partial charge in [-0.15, -0.1) is 11.8 Å². The summed E-state index contributed by atoms with van der Waals surface area (Å²) in [5, 5.41) is 20.7. The van der Waals surface area contributed by atoms with Crippen LogP contribution in [0.15, 0.2) is 36.4 Å². The summed E-state index contributed by atoms with van der Waals surface area (Å²) in [6, 6.07) is 11.7. The molecule has 2 aromatic carbocycles. The van der Waals surface area contributed by atoms with Gasteiger partial charge in [0, 0.05) is 25.0 Å². The van der Waals surface area contributed by atoms with Crippen LogP contribution in [-0.4, -0.2) is 50.9 Å². The third-order valence-electron chi connectivity index (χ3n) is 6.66. The number of aliphatic hydroxyl groups excluding tert-OH is 2. The second-order valence-corrected chi connectivity index (χ2v) is 9.67. The van der Waals surface area contributed by atoms with E-state index in [1.54, 1.807) is 28.4 Å². The van der Waals surface area contributed by atoms with Gasteiger partial charge in [-0.3, -0.25) is 0 Å². The minimum absolute atomic E-state index is 0.308. The molecular weight excluding hydrogens is 480 g/mol. The van der Waals surface area contributed by atoms with Crippen molar-refractivity contribution >= 4 is 0 Å². The molecule has 0 heterocycles. The first-order valence-electron chi connectivity index (χ1n) is 13.7. The second-order valence-electron chi connectivity index (χ2n) is 9.67. The van der Waals surface area contributed by atoms with Crippen LogP contribution >= 0.6 is 0 Å². The van der Waals surface area contributed by atoms with E-state index in [1.165, 1.54) is 0 Å². The Hall–Kier alpha value is -2.88. The van der Waals surface area contributed by atoms with Crippen molar-refractivity contribution in [3.63, 3.8) is 0 Å². The highest BCUT2D eigenvalue weighted by molar-refractivity contribution is 5.39. The van der Waals surface area contributed by atoms with Gasteiger partial charge in [-0.25, -0.2) is 0 Å². The fourth-order valence-electron chi connectivity index (χ4n) is 4.34. The lowest BCUT2D eigenvalue weighted by molar-refractivity contribution is 0.151. The molecule has 0 aliphatic heterocycles. The number of benzene rings is 2. The highest BCUT2D eigenvalue weighted by Crippen LogP contribution is 2.25. The topological polar surface area (TPSA) is 77.4 Å². The number of methoxy groups -OCH3 is 4. The SMILES string of the molecule is COc1cc(CCC(O)CCCCC#CCCCCC(O)CCc2cc(OC)cc(OC)c2)cc(OC)c1. The molecule has 0 saturated carbocycles. The Labute approximate surface area is 229 Å². The molecule has 6 heteroatoms. The molecule has 0 bridgehead atoms. The fourth-order valence-corrected chi connectivity index (χ4v) is 4.34. The van der Waals surface area contributed by atoms with Gasteiger partial charge in [0.15, 0.2) is 0 Å². The van der Waals surface area contributed by atoms with E-state index < -0.39 is 0 Å². The van der Waals surface area contributed by atoms with Gasteiger partial charge in [0.05, 0.1) is 40.6 Å². The number of aryl methyl sites for hydroxylation is 2. The lowest BCUT2D eigenvalue weighted by Gasteiger charge is -2.12. The molecule has 6 nitrogen and oxygen atoms in total. The average molecular weight is 527 g/mol. The molecule has 0 aliphatic rings. The summed E-state index contributed by atoms with van der Waals surface area (Å²) in [6.07, 6.45) is 9.70. The van der Waals surface area contributed by atoms with Crippen molar-refractivity contribution in [1.29, 1.82) is 0 Å². The Balaban J connectivity index is 1.51. The molecule has 0 fully saturated rings. The summed E-state index contributed by atoms with van der Waals surface area (Å²) >= 11 is 0. The van der Waals surface area contributed by atoms with E-state index in [9.17, 15) is 10.2 Å². The van der Waals surface area contributed by atoms with Crippen LogP contribution in [0, 0.1) is 11.8 Å². The van der Waals surface area contributed by atoms with Crippen molar-refractivity contribution < 1.29 is 29.2 Å². The van der Waals surface area contributed by atoms with Gasteiger partial charge < -0.3 is 29.2 Å². The molecule has 0 amide bonds. The number of ether oxygens (including phenoxy) is 4. The summed E-state index contributed by atoms with van der Waals surface area (Å²) in [6.45, 7) is 0. The third kappa shape index (κ3) is 12.6. The first kappa shape index (κ1) is 31.3. The zero-order valence-electron chi connectivity index (χ0n) is 23.6. The summed E-state index contributed by atoms with van der Waals surface area (Å²) < 4.78 is 21.2. The lowest BCUT2D eigenvalue weighted by Crippen LogP contribution is -2.08. The number of unbranched alkanes of at least 4 members (excludes halogenated alkanes) is 4. The van der Waals surface area contributed by atoms with Crippen molar-refractivity contribution in [3.8, 4) is 34.8 Å². The van der Waals surface area contributed by atoms with Crippen LogP contribution in [0.5, 0.6) is 23.0 Å². The molecule has 0 saturated heterocycles. The highest BCUT2D eigenvalue weighted by Gasteiger charge is 2.08. The summed E-state index contributed by atoms with van der Waals surface area (Å²) in [7, 11) is 6.58.